The van der Waals surface area contributed by atoms with Crippen molar-refractivity contribution in [1.82, 2.24) is 10.6 Å². The van der Waals surface area contributed by atoms with Gasteiger partial charge in [0, 0.05) is 18.2 Å². The number of nitrogens with one attached hydrogen (secondary N) is 2. The number of carbonyl (C=O) groups is 1. The molecule has 1 fully saturated rings. The highest BCUT2D eigenvalue weighted by atomic mass is 32.2. The summed E-state index contributed by atoms with van der Waals surface area (Å²) in [6, 6.07) is -0.162. The third-order valence-electron chi connectivity index (χ3n) is 1.82. The average molecular weight is 240 g/mol. The van der Waals surface area contributed by atoms with Crippen LogP contribution in [0.3, 0.4) is 0 Å². The average Bonchev–Trinajstić information content (AvgIpc) is 2.69. The monoisotopic (exact) mass is 240 g/mol. The predicted molar refractivity (Wildman–Crippen MR) is 54.1 cm³/mol. The summed E-state index contributed by atoms with van der Waals surface area (Å²) in [6.07, 6.45) is -2.45. The molecule has 0 aromatic heterocycles. The number of alkyl halides is 2. The van der Waals surface area contributed by atoms with Crippen molar-refractivity contribution in [3.63, 3.8) is 0 Å². The highest BCUT2D eigenvalue weighted by Gasteiger charge is 2.21. The third-order valence-corrected chi connectivity index (χ3v) is 2.76. The number of carbonyl (C=O) groups excluding carboxylic acids is 1. The summed E-state index contributed by atoms with van der Waals surface area (Å²) in [6.45, 7) is -0.183. The van der Waals surface area contributed by atoms with Crippen molar-refractivity contribution in [2.75, 3.05) is 31.4 Å². The Morgan fingerprint density at radius 2 is 2.47 bits per heavy atom. The van der Waals surface area contributed by atoms with E-state index in [4.69, 9.17) is 0 Å². The number of thioether (sulfide) groups is 1. The summed E-state index contributed by atoms with van der Waals surface area (Å²) in [5.74, 6) is 1.43. The standard InChI is InChI=1S/C8H14F2N2O2S/c9-7(10)3-14-2-1-11-8(13)6-4-15-5-12-6/h6-7,12H,1-5H2,(H,11,13). The van der Waals surface area contributed by atoms with Crippen molar-refractivity contribution in [2.24, 2.45) is 0 Å². The zero-order valence-corrected chi connectivity index (χ0v) is 8.99. The van der Waals surface area contributed by atoms with Crippen LogP contribution < -0.4 is 10.6 Å². The van der Waals surface area contributed by atoms with Crippen LogP contribution in [0.4, 0.5) is 8.78 Å². The van der Waals surface area contributed by atoms with Gasteiger partial charge in [-0.3, -0.25) is 10.1 Å². The van der Waals surface area contributed by atoms with Crippen LogP contribution in [0, 0.1) is 0 Å². The lowest BCUT2D eigenvalue weighted by atomic mass is 10.3. The van der Waals surface area contributed by atoms with Gasteiger partial charge >= 0.3 is 0 Å². The van der Waals surface area contributed by atoms with Crippen LogP contribution in [0.15, 0.2) is 0 Å². The Morgan fingerprint density at radius 1 is 1.67 bits per heavy atom. The SMILES string of the molecule is O=C(NCCOCC(F)F)C1CSCN1. The summed E-state index contributed by atoms with van der Waals surface area (Å²) in [7, 11) is 0. The van der Waals surface area contributed by atoms with Gasteiger partial charge in [-0.05, 0) is 0 Å². The first-order valence-electron chi connectivity index (χ1n) is 4.65. The molecule has 1 aliphatic rings. The number of halogens is 2. The molecule has 0 saturated carbocycles. The van der Waals surface area contributed by atoms with Crippen LogP contribution in [0.1, 0.15) is 0 Å². The Balaban J connectivity index is 1.97. The van der Waals surface area contributed by atoms with E-state index in [1.807, 2.05) is 0 Å². The van der Waals surface area contributed by atoms with Crippen LogP contribution in [-0.4, -0.2) is 49.8 Å². The summed E-state index contributed by atoms with van der Waals surface area (Å²) in [5, 5.41) is 5.62. The van der Waals surface area contributed by atoms with Crippen molar-refractivity contribution in [3.8, 4) is 0 Å². The van der Waals surface area contributed by atoms with E-state index in [0.29, 0.717) is 0 Å². The van der Waals surface area contributed by atoms with E-state index >= 15 is 0 Å². The molecule has 2 N–H and O–H groups in total. The molecule has 4 nitrogen and oxygen atoms in total. The van der Waals surface area contributed by atoms with E-state index in [2.05, 4.69) is 15.4 Å². The van der Waals surface area contributed by atoms with Gasteiger partial charge in [0.2, 0.25) is 5.91 Å². The predicted octanol–water partition coefficient (Wildman–Crippen LogP) is 0.0468. The summed E-state index contributed by atoms with van der Waals surface area (Å²) in [5.41, 5.74) is 0. The molecule has 1 heterocycles. The van der Waals surface area contributed by atoms with Gasteiger partial charge in [0.1, 0.15) is 6.61 Å². The normalized spacial score (nSPS) is 20.9. The van der Waals surface area contributed by atoms with Crippen molar-refractivity contribution in [3.05, 3.63) is 0 Å². The van der Waals surface area contributed by atoms with Crippen LogP contribution in [-0.2, 0) is 9.53 Å². The van der Waals surface area contributed by atoms with Crippen molar-refractivity contribution in [1.29, 1.82) is 0 Å². The van der Waals surface area contributed by atoms with Crippen molar-refractivity contribution < 1.29 is 18.3 Å². The molecule has 88 valence electrons. The Morgan fingerprint density at radius 3 is 3.07 bits per heavy atom. The van der Waals surface area contributed by atoms with Gasteiger partial charge < -0.3 is 10.1 Å². The summed E-state index contributed by atoms with van der Waals surface area (Å²) in [4.78, 5) is 11.4. The lowest BCUT2D eigenvalue weighted by molar-refractivity contribution is -0.122. The second kappa shape index (κ2) is 6.97. The summed E-state index contributed by atoms with van der Waals surface area (Å²) >= 11 is 1.66. The zero-order valence-electron chi connectivity index (χ0n) is 8.17. The molecule has 0 spiro atoms. The van der Waals surface area contributed by atoms with Gasteiger partial charge in [0.15, 0.2) is 0 Å². The maximum atomic E-state index is 11.6. The molecule has 1 saturated heterocycles. The quantitative estimate of drug-likeness (QED) is 0.644. The first-order chi connectivity index (χ1) is 7.20. The van der Waals surface area contributed by atoms with E-state index in [-0.39, 0.29) is 25.1 Å². The molecule has 1 atom stereocenters. The van der Waals surface area contributed by atoms with E-state index in [9.17, 15) is 13.6 Å². The highest BCUT2D eigenvalue weighted by Crippen LogP contribution is 2.08. The maximum Gasteiger partial charge on any atom is 0.261 e. The van der Waals surface area contributed by atoms with Gasteiger partial charge in [-0.15, -0.1) is 11.8 Å². The summed E-state index contributed by atoms with van der Waals surface area (Å²) < 4.78 is 27.9. The Hall–Kier alpha value is -0.400. The molecule has 0 radical (unpaired) electrons. The molecule has 1 rings (SSSR count). The molecule has 1 aliphatic heterocycles. The van der Waals surface area contributed by atoms with Crippen LogP contribution in [0.2, 0.25) is 0 Å². The fourth-order valence-corrected chi connectivity index (χ4v) is 2.05. The maximum absolute atomic E-state index is 11.6. The second-order valence-electron chi connectivity index (χ2n) is 3.03. The van der Waals surface area contributed by atoms with Gasteiger partial charge in [0.25, 0.3) is 6.43 Å². The molecule has 7 heteroatoms. The fraction of sp³-hybridized carbons (Fsp3) is 0.875. The third kappa shape index (κ3) is 5.29. The van der Waals surface area contributed by atoms with Crippen molar-refractivity contribution in [2.45, 2.75) is 12.5 Å². The molecule has 0 aliphatic carbocycles. The Labute approximate surface area is 91.1 Å². The number of hydrogen-bond acceptors (Lipinski definition) is 4. The number of rotatable bonds is 6. The minimum Gasteiger partial charge on any atom is -0.374 e. The molecule has 0 aromatic rings. The molecular weight excluding hydrogens is 226 g/mol. The van der Waals surface area contributed by atoms with Crippen LogP contribution >= 0.6 is 11.8 Å². The van der Waals surface area contributed by atoms with Gasteiger partial charge in [0.05, 0.1) is 12.6 Å². The zero-order chi connectivity index (χ0) is 11.1. The van der Waals surface area contributed by atoms with Crippen LogP contribution in [0.5, 0.6) is 0 Å². The molecule has 0 aromatic carbocycles. The topological polar surface area (TPSA) is 50.4 Å². The molecule has 15 heavy (non-hydrogen) atoms. The first kappa shape index (κ1) is 12.7. The van der Waals surface area contributed by atoms with E-state index in [0.717, 1.165) is 11.6 Å². The Bertz CT molecular complexity index is 201. The number of hydrogen-bond donors (Lipinski definition) is 2. The smallest absolute Gasteiger partial charge is 0.261 e. The Kier molecular flexibility index (Phi) is 5.89. The lowest BCUT2D eigenvalue weighted by Crippen LogP contribution is -2.43. The van der Waals surface area contributed by atoms with Crippen LogP contribution in [0.25, 0.3) is 0 Å². The molecule has 0 bridgehead atoms. The van der Waals surface area contributed by atoms with Gasteiger partial charge in [-0.25, -0.2) is 8.78 Å². The number of ether oxygens (including phenoxy) is 1. The van der Waals surface area contributed by atoms with E-state index < -0.39 is 13.0 Å². The number of amides is 1. The lowest BCUT2D eigenvalue weighted by Gasteiger charge is -2.10. The molecular formula is C8H14F2N2O2S. The highest BCUT2D eigenvalue weighted by molar-refractivity contribution is 7.99. The van der Waals surface area contributed by atoms with Crippen molar-refractivity contribution >= 4 is 17.7 Å². The molecule has 1 unspecified atom stereocenters. The van der Waals surface area contributed by atoms with E-state index in [1.165, 1.54) is 0 Å². The fourth-order valence-electron chi connectivity index (χ4n) is 1.11. The van der Waals surface area contributed by atoms with Gasteiger partial charge in [-0.2, -0.15) is 0 Å². The minimum atomic E-state index is -2.45. The minimum absolute atomic E-state index is 0.0966. The second-order valence-corrected chi connectivity index (χ2v) is 4.06. The molecule has 1 amide bonds. The van der Waals surface area contributed by atoms with E-state index in [1.54, 1.807) is 11.8 Å². The largest absolute Gasteiger partial charge is 0.374 e. The first-order valence-corrected chi connectivity index (χ1v) is 5.80. The van der Waals surface area contributed by atoms with Gasteiger partial charge in [-0.1, -0.05) is 0 Å².